The van der Waals surface area contributed by atoms with Gasteiger partial charge in [-0.05, 0) is 19.8 Å². The Balaban J connectivity index is 1.95. The fraction of sp³-hybridized carbons (Fsp3) is 0.500. The van der Waals surface area contributed by atoms with Gasteiger partial charge in [-0.1, -0.05) is 5.16 Å². The number of carbonyl (C=O) groups is 2. The summed E-state index contributed by atoms with van der Waals surface area (Å²) in [5.74, 6) is -0.765. The Morgan fingerprint density at radius 2 is 2.31 bits per heavy atom. The molecular weight excluding hydrogens is 212 g/mol. The maximum absolute atomic E-state index is 11.6. The van der Waals surface area contributed by atoms with Gasteiger partial charge in [-0.15, -0.1) is 0 Å². The van der Waals surface area contributed by atoms with Gasteiger partial charge in [0.05, 0.1) is 11.6 Å². The highest BCUT2D eigenvalue weighted by atomic mass is 16.5. The van der Waals surface area contributed by atoms with Crippen LogP contribution in [0.25, 0.3) is 0 Å². The topological polar surface area (TPSA) is 92.4 Å². The van der Waals surface area contributed by atoms with Crippen molar-refractivity contribution in [2.45, 2.75) is 19.8 Å². The van der Waals surface area contributed by atoms with Crippen molar-refractivity contribution < 1.29 is 19.2 Å². The molecule has 0 spiro atoms. The average molecular weight is 224 g/mol. The smallest absolute Gasteiger partial charge is 0.311 e. The first-order valence-corrected chi connectivity index (χ1v) is 4.98. The predicted molar refractivity (Wildman–Crippen MR) is 52.9 cm³/mol. The molecule has 0 aromatic carbocycles. The molecule has 2 N–H and O–H groups in total. The Morgan fingerprint density at radius 3 is 2.75 bits per heavy atom. The second-order valence-electron chi connectivity index (χ2n) is 4.06. The van der Waals surface area contributed by atoms with Crippen molar-refractivity contribution in [2.24, 2.45) is 5.41 Å². The molecule has 6 nitrogen and oxygen atoms in total. The van der Waals surface area contributed by atoms with Gasteiger partial charge in [0.15, 0.2) is 0 Å². The molecule has 86 valence electrons. The number of aryl methyl sites for hydroxylation is 1. The van der Waals surface area contributed by atoms with E-state index in [4.69, 9.17) is 9.63 Å². The zero-order valence-electron chi connectivity index (χ0n) is 8.82. The normalized spacial score (nSPS) is 16.8. The lowest BCUT2D eigenvalue weighted by Crippen LogP contribution is -2.34. The van der Waals surface area contributed by atoms with Crippen LogP contribution in [0.2, 0.25) is 0 Å². The minimum atomic E-state index is -0.852. The van der Waals surface area contributed by atoms with E-state index in [0.29, 0.717) is 24.2 Å². The second-order valence-corrected chi connectivity index (χ2v) is 4.06. The Morgan fingerprint density at radius 1 is 1.62 bits per heavy atom. The molecule has 1 fully saturated rings. The quantitative estimate of drug-likeness (QED) is 0.780. The minimum absolute atomic E-state index is 0.159. The van der Waals surface area contributed by atoms with Crippen LogP contribution in [0.1, 0.15) is 29.0 Å². The van der Waals surface area contributed by atoms with Crippen LogP contribution in [-0.4, -0.2) is 28.7 Å². The molecule has 1 heterocycles. The lowest BCUT2D eigenvalue weighted by atomic mass is 10.1. The molecule has 0 unspecified atom stereocenters. The SMILES string of the molecule is Cc1oncc1C(=O)NCC1(C(=O)O)CC1. The summed E-state index contributed by atoms with van der Waals surface area (Å²) in [6, 6.07) is 0. The van der Waals surface area contributed by atoms with E-state index in [1.807, 2.05) is 0 Å². The molecule has 1 aliphatic rings. The van der Waals surface area contributed by atoms with E-state index in [-0.39, 0.29) is 12.5 Å². The number of carbonyl (C=O) groups excluding carboxylic acids is 1. The number of rotatable bonds is 4. The van der Waals surface area contributed by atoms with E-state index in [2.05, 4.69) is 10.5 Å². The third kappa shape index (κ3) is 1.78. The van der Waals surface area contributed by atoms with Crippen LogP contribution in [0, 0.1) is 12.3 Å². The fourth-order valence-electron chi connectivity index (χ4n) is 1.48. The molecule has 2 rings (SSSR count). The molecule has 16 heavy (non-hydrogen) atoms. The van der Waals surface area contributed by atoms with Gasteiger partial charge in [0, 0.05) is 6.54 Å². The molecule has 1 saturated carbocycles. The first-order valence-electron chi connectivity index (χ1n) is 4.98. The van der Waals surface area contributed by atoms with Crippen molar-refractivity contribution in [1.29, 1.82) is 0 Å². The van der Waals surface area contributed by atoms with Gasteiger partial charge in [-0.25, -0.2) is 0 Å². The van der Waals surface area contributed by atoms with Crippen LogP contribution in [0.5, 0.6) is 0 Å². The number of amides is 1. The molecular formula is C10H12N2O4. The number of hydrogen-bond donors (Lipinski definition) is 2. The summed E-state index contributed by atoms with van der Waals surface area (Å²) in [4.78, 5) is 22.5. The van der Waals surface area contributed by atoms with Gasteiger partial charge in [-0.2, -0.15) is 0 Å². The molecule has 0 saturated heterocycles. The van der Waals surface area contributed by atoms with E-state index >= 15 is 0 Å². The number of carboxylic acid groups (broad SMARTS) is 1. The summed E-state index contributed by atoms with van der Waals surface area (Å²) in [6.07, 6.45) is 2.56. The number of carboxylic acids is 1. The first kappa shape index (κ1) is 10.7. The third-order valence-corrected chi connectivity index (χ3v) is 2.89. The van der Waals surface area contributed by atoms with Crippen molar-refractivity contribution in [1.82, 2.24) is 10.5 Å². The van der Waals surface area contributed by atoms with Crippen LogP contribution in [0.15, 0.2) is 10.7 Å². The monoisotopic (exact) mass is 224 g/mol. The van der Waals surface area contributed by atoms with Crippen LogP contribution in [0.3, 0.4) is 0 Å². The van der Waals surface area contributed by atoms with E-state index in [9.17, 15) is 9.59 Å². The highest BCUT2D eigenvalue weighted by molar-refractivity contribution is 5.95. The number of nitrogens with one attached hydrogen (secondary N) is 1. The molecule has 1 aliphatic carbocycles. The summed E-state index contributed by atoms with van der Waals surface area (Å²) in [5, 5.41) is 15.0. The Bertz CT molecular complexity index is 434. The van der Waals surface area contributed by atoms with E-state index in [0.717, 1.165) is 0 Å². The zero-order chi connectivity index (χ0) is 11.8. The molecule has 0 radical (unpaired) electrons. The highest BCUT2D eigenvalue weighted by Crippen LogP contribution is 2.45. The van der Waals surface area contributed by atoms with Gasteiger partial charge in [0.1, 0.15) is 11.3 Å². The average Bonchev–Trinajstić information content (AvgIpc) is 2.92. The molecule has 1 aromatic heterocycles. The van der Waals surface area contributed by atoms with Crippen molar-refractivity contribution in [3.05, 3.63) is 17.5 Å². The standard InChI is InChI=1S/C10H12N2O4/c1-6-7(4-12-16-6)8(13)11-5-10(2-3-10)9(14)15/h4H,2-3,5H2,1H3,(H,11,13)(H,14,15). The molecule has 0 atom stereocenters. The van der Waals surface area contributed by atoms with E-state index < -0.39 is 11.4 Å². The Labute approximate surface area is 91.6 Å². The Kier molecular flexibility index (Phi) is 2.41. The molecule has 1 aromatic rings. The van der Waals surface area contributed by atoms with Gasteiger partial charge >= 0.3 is 5.97 Å². The van der Waals surface area contributed by atoms with Gasteiger partial charge in [-0.3, -0.25) is 9.59 Å². The highest BCUT2D eigenvalue weighted by Gasteiger charge is 2.50. The minimum Gasteiger partial charge on any atom is -0.481 e. The predicted octanol–water partition coefficient (Wildman–Crippen LogP) is 0.578. The summed E-state index contributed by atoms with van der Waals surface area (Å²) < 4.78 is 4.75. The molecule has 0 aliphatic heterocycles. The van der Waals surface area contributed by atoms with Gasteiger partial charge < -0.3 is 14.9 Å². The van der Waals surface area contributed by atoms with E-state index in [1.165, 1.54) is 6.20 Å². The largest absolute Gasteiger partial charge is 0.481 e. The van der Waals surface area contributed by atoms with Crippen molar-refractivity contribution in [3.8, 4) is 0 Å². The first-order chi connectivity index (χ1) is 7.55. The number of nitrogens with zero attached hydrogens (tertiary/aromatic N) is 1. The lowest BCUT2D eigenvalue weighted by Gasteiger charge is -2.10. The van der Waals surface area contributed by atoms with Crippen molar-refractivity contribution in [3.63, 3.8) is 0 Å². The van der Waals surface area contributed by atoms with Crippen LogP contribution in [-0.2, 0) is 4.79 Å². The summed E-state index contributed by atoms with van der Waals surface area (Å²) in [6.45, 7) is 1.79. The Hall–Kier alpha value is -1.85. The summed E-state index contributed by atoms with van der Waals surface area (Å²) in [7, 11) is 0. The number of aromatic nitrogens is 1. The maximum atomic E-state index is 11.6. The van der Waals surface area contributed by atoms with Crippen molar-refractivity contribution >= 4 is 11.9 Å². The third-order valence-electron chi connectivity index (χ3n) is 2.89. The number of hydrogen-bond acceptors (Lipinski definition) is 4. The van der Waals surface area contributed by atoms with Crippen LogP contribution in [0.4, 0.5) is 0 Å². The molecule has 1 amide bonds. The lowest BCUT2D eigenvalue weighted by molar-refractivity contribution is -0.143. The van der Waals surface area contributed by atoms with Gasteiger partial charge in [0.2, 0.25) is 0 Å². The fourth-order valence-corrected chi connectivity index (χ4v) is 1.48. The molecule has 0 bridgehead atoms. The zero-order valence-corrected chi connectivity index (χ0v) is 8.82. The second kappa shape index (κ2) is 3.62. The van der Waals surface area contributed by atoms with Crippen molar-refractivity contribution in [2.75, 3.05) is 6.54 Å². The van der Waals surface area contributed by atoms with Crippen LogP contribution >= 0.6 is 0 Å². The van der Waals surface area contributed by atoms with Crippen LogP contribution < -0.4 is 5.32 Å². The maximum Gasteiger partial charge on any atom is 0.311 e. The van der Waals surface area contributed by atoms with E-state index in [1.54, 1.807) is 6.92 Å². The van der Waals surface area contributed by atoms with Gasteiger partial charge in [0.25, 0.3) is 5.91 Å². The summed E-state index contributed by atoms with van der Waals surface area (Å²) >= 11 is 0. The number of aliphatic carboxylic acids is 1. The summed E-state index contributed by atoms with van der Waals surface area (Å²) in [5.41, 5.74) is -0.401. The molecule has 6 heteroatoms.